The van der Waals surface area contributed by atoms with Gasteiger partial charge in [-0.25, -0.2) is 14.2 Å². The summed E-state index contributed by atoms with van der Waals surface area (Å²) in [5.41, 5.74) is 1.57. The van der Waals surface area contributed by atoms with Crippen molar-refractivity contribution in [1.82, 2.24) is 14.5 Å². The molecule has 1 N–H and O–H groups in total. The summed E-state index contributed by atoms with van der Waals surface area (Å²) < 4.78 is 14.6. The van der Waals surface area contributed by atoms with Crippen molar-refractivity contribution in [2.75, 3.05) is 23.3 Å². The molecule has 6 nitrogen and oxygen atoms in total. The summed E-state index contributed by atoms with van der Waals surface area (Å²) in [7, 11) is 0. The minimum atomic E-state index is -0.358. The Morgan fingerprint density at radius 3 is 2.62 bits per heavy atom. The Labute approximate surface area is 173 Å². The van der Waals surface area contributed by atoms with Gasteiger partial charge in [-0.1, -0.05) is 23.7 Å². The number of hydrogen-bond acceptors (Lipinski definition) is 5. The van der Waals surface area contributed by atoms with Crippen LogP contribution in [0.1, 0.15) is 18.4 Å². The van der Waals surface area contributed by atoms with Gasteiger partial charge in [0.2, 0.25) is 5.95 Å². The summed E-state index contributed by atoms with van der Waals surface area (Å²) in [6, 6.07) is 13.9. The molecule has 2 aromatic carbocycles. The van der Waals surface area contributed by atoms with Crippen molar-refractivity contribution in [3.8, 4) is 0 Å². The SMILES string of the molecule is O=c1nc(N[C@H]2CCCN(c3ccc(F)cc3)C2)ncn1Cc1ccc(Cl)cc1. The molecule has 8 heteroatoms. The summed E-state index contributed by atoms with van der Waals surface area (Å²) in [6.07, 6.45) is 3.45. The van der Waals surface area contributed by atoms with Crippen molar-refractivity contribution in [2.24, 2.45) is 0 Å². The van der Waals surface area contributed by atoms with Crippen molar-refractivity contribution in [1.29, 1.82) is 0 Å². The lowest BCUT2D eigenvalue weighted by Crippen LogP contribution is -2.42. The van der Waals surface area contributed by atoms with E-state index in [1.165, 1.54) is 23.0 Å². The molecular weight excluding hydrogens is 393 g/mol. The van der Waals surface area contributed by atoms with Crippen LogP contribution >= 0.6 is 11.6 Å². The zero-order chi connectivity index (χ0) is 20.2. The average Bonchev–Trinajstić information content (AvgIpc) is 2.72. The van der Waals surface area contributed by atoms with E-state index in [-0.39, 0.29) is 17.5 Å². The highest BCUT2D eigenvalue weighted by Crippen LogP contribution is 2.21. The molecule has 1 atom stereocenters. The Balaban J connectivity index is 1.41. The van der Waals surface area contributed by atoms with Crippen LogP contribution < -0.4 is 15.9 Å². The summed E-state index contributed by atoms with van der Waals surface area (Å²) in [4.78, 5) is 23.0. The number of halogens is 2. The largest absolute Gasteiger partial charge is 0.369 e. The molecule has 0 saturated carbocycles. The molecule has 2 heterocycles. The van der Waals surface area contributed by atoms with Gasteiger partial charge < -0.3 is 10.2 Å². The molecule has 150 valence electrons. The van der Waals surface area contributed by atoms with Crippen molar-refractivity contribution >= 4 is 23.2 Å². The molecular formula is C21H21ClFN5O. The number of nitrogens with zero attached hydrogens (tertiary/aromatic N) is 4. The van der Waals surface area contributed by atoms with Gasteiger partial charge in [0, 0.05) is 29.8 Å². The molecule has 0 radical (unpaired) electrons. The van der Waals surface area contributed by atoms with Crippen LogP contribution in [-0.2, 0) is 6.54 Å². The van der Waals surface area contributed by atoms with Crippen molar-refractivity contribution in [3.05, 3.63) is 81.7 Å². The standard InChI is InChI=1S/C21H21ClFN5O/c22-16-5-3-15(4-6-16)12-28-14-24-20(26-21(28)29)25-18-2-1-11-27(13-18)19-9-7-17(23)8-10-19/h3-10,14,18H,1-2,11-13H2,(H,25,26,29)/t18-/m0/s1. The Hall–Kier alpha value is -2.93. The van der Waals surface area contributed by atoms with Gasteiger partial charge in [-0.15, -0.1) is 0 Å². The monoisotopic (exact) mass is 413 g/mol. The molecule has 0 unspecified atom stereocenters. The second-order valence-electron chi connectivity index (χ2n) is 7.12. The van der Waals surface area contributed by atoms with Crippen LogP contribution in [0.25, 0.3) is 0 Å². The Morgan fingerprint density at radius 2 is 1.90 bits per heavy atom. The molecule has 1 aromatic heterocycles. The molecule has 1 saturated heterocycles. The highest BCUT2D eigenvalue weighted by atomic mass is 35.5. The number of hydrogen-bond donors (Lipinski definition) is 1. The summed E-state index contributed by atoms with van der Waals surface area (Å²) >= 11 is 5.89. The first kappa shape index (κ1) is 19.4. The van der Waals surface area contributed by atoms with Gasteiger partial charge in [0.1, 0.15) is 12.1 Å². The maximum absolute atomic E-state index is 13.2. The fraction of sp³-hybridized carbons (Fsp3) is 0.286. The number of piperidine rings is 1. The van der Waals surface area contributed by atoms with E-state index in [1.807, 2.05) is 12.1 Å². The predicted octanol–water partition coefficient (Wildman–Crippen LogP) is 3.56. The second-order valence-corrected chi connectivity index (χ2v) is 7.56. The van der Waals surface area contributed by atoms with Crippen molar-refractivity contribution in [2.45, 2.75) is 25.4 Å². The molecule has 4 rings (SSSR count). The summed E-state index contributed by atoms with van der Waals surface area (Å²) in [5.74, 6) is 0.0845. The first-order chi connectivity index (χ1) is 14.1. The van der Waals surface area contributed by atoms with E-state index in [9.17, 15) is 9.18 Å². The zero-order valence-electron chi connectivity index (χ0n) is 15.8. The highest BCUT2D eigenvalue weighted by Gasteiger charge is 2.21. The maximum Gasteiger partial charge on any atom is 0.352 e. The molecule has 0 aliphatic carbocycles. The van der Waals surface area contributed by atoms with Crippen LogP contribution in [0.5, 0.6) is 0 Å². The van der Waals surface area contributed by atoms with E-state index in [0.717, 1.165) is 37.2 Å². The normalized spacial score (nSPS) is 16.6. The van der Waals surface area contributed by atoms with Gasteiger partial charge in [-0.2, -0.15) is 4.98 Å². The van der Waals surface area contributed by atoms with E-state index in [1.54, 1.807) is 24.3 Å². The van der Waals surface area contributed by atoms with Crippen LogP contribution in [-0.4, -0.2) is 33.7 Å². The van der Waals surface area contributed by atoms with Gasteiger partial charge in [0.05, 0.1) is 6.54 Å². The quantitative estimate of drug-likeness (QED) is 0.693. The first-order valence-corrected chi connectivity index (χ1v) is 9.89. The van der Waals surface area contributed by atoms with Crippen LogP contribution in [0, 0.1) is 5.82 Å². The molecule has 29 heavy (non-hydrogen) atoms. The maximum atomic E-state index is 13.2. The van der Waals surface area contributed by atoms with Gasteiger partial charge in [0.15, 0.2) is 0 Å². The molecule has 3 aromatic rings. The number of aromatic nitrogens is 3. The smallest absolute Gasteiger partial charge is 0.352 e. The minimum absolute atomic E-state index is 0.111. The topological polar surface area (TPSA) is 63.1 Å². The predicted molar refractivity (Wildman–Crippen MR) is 112 cm³/mol. The van der Waals surface area contributed by atoms with E-state index in [4.69, 9.17) is 11.6 Å². The first-order valence-electron chi connectivity index (χ1n) is 9.52. The van der Waals surface area contributed by atoms with Crippen LogP contribution in [0.2, 0.25) is 5.02 Å². The third-order valence-corrected chi connectivity index (χ3v) is 5.23. The average molecular weight is 414 g/mol. The molecule has 0 bridgehead atoms. The van der Waals surface area contributed by atoms with Gasteiger partial charge in [0.25, 0.3) is 0 Å². The molecule has 1 fully saturated rings. The van der Waals surface area contributed by atoms with Crippen molar-refractivity contribution in [3.63, 3.8) is 0 Å². The number of benzene rings is 2. The third kappa shape index (κ3) is 4.92. The fourth-order valence-electron chi connectivity index (χ4n) is 3.49. The fourth-order valence-corrected chi connectivity index (χ4v) is 3.61. The summed E-state index contributed by atoms with van der Waals surface area (Å²) in [5, 5.41) is 3.91. The lowest BCUT2D eigenvalue weighted by atomic mass is 10.1. The Morgan fingerprint density at radius 1 is 1.14 bits per heavy atom. The molecule has 0 spiro atoms. The van der Waals surface area contributed by atoms with Crippen LogP contribution in [0.3, 0.4) is 0 Å². The van der Waals surface area contributed by atoms with E-state index >= 15 is 0 Å². The van der Waals surface area contributed by atoms with Gasteiger partial charge in [-0.05, 0) is 54.8 Å². The minimum Gasteiger partial charge on any atom is -0.369 e. The molecule has 1 aliphatic rings. The molecule has 1 aliphatic heterocycles. The lowest BCUT2D eigenvalue weighted by Gasteiger charge is -2.34. The van der Waals surface area contributed by atoms with Gasteiger partial charge in [-0.3, -0.25) is 4.57 Å². The number of nitrogens with one attached hydrogen (secondary N) is 1. The summed E-state index contributed by atoms with van der Waals surface area (Å²) in [6.45, 7) is 2.04. The van der Waals surface area contributed by atoms with E-state index < -0.39 is 0 Å². The second kappa shape index (κ2) is 8.61. The lowest BCUT2D eigenvalue weighted by molar-refractivity contribution is 0.525. The Kier molecular flexibility index (Phi) is 5.76. The van der Waals surface area contributed by atoms with E-state index in [0.29, 0.717) is 17.5 Å². The van der Waals surface area contributed by atoms with Gasteiger partial charge >= 0.3 is 5.69 Å². The van der Waals surface area contributed by atoms with Crippen LogP contribution in [0.4, 0.5) is 16.0 Å². The number of anilines is 2. The Bertz CT molecular complexity index is 1020. The van der Waals surface area contributed by atoms with Crippen molar-refractivity contribution < 1.29 is 4.39 Å². The van der Waals surface area contributed by atoms with Crippen LogP contribution in [0.15, 0.2) is 59.7 Å². The molecule has 0 amide bonds. The van der Waals surface area contributed by atoms with E-state index in [2.05, 4.69) is 20.2 Å². The third-order valence-electron chi connectivity index (χ3n) is 4.98. The highest BCUT2D eigenvalue weighted by molar-refractivity contribution is 6.30. The number of rotatable bonds is 5. The zero-order valence-corrected chi connectivity index (χ0v) is 16.5.